The van der Waals surface area contributed by atoms with Crippen molar-refractivity contribution in [3.05, 3.63) is 46.5 Å². The Balaban J connectivity index is 1.48. The van der Waals surface area contributed by atoms with Gasteiger partial charge in [0, 0.05) is 29.8 Å². The molecule has 1 atom stereocenters. The number of carbonyl (C=O) groups is 1. The molecule has 1 fully saturated rings. The summed E-state index contributed by atoms with van der Waals surface area (Å²) in [7, 11) is 0. The number of benzene rings is 1. The number of aromatic amines is 1. The van der Waals surface area contributed by atoms with E-state index in [4.69, 9.17) is 4.74 Å². The number of nitrogens with zero attached hydrogens (tertiary/aromatic N) is 3. The summed E-state index contributed by atoms with van der Waals surface area (Å²) >= 11 is 1.44. The maximum Gasteiger partial charge on any atom is 0.273 e. The first kappa shape index (κ1) is 15.3. The van der Waals surface area contributed by atoms with Gasteiger partial charge in [0.05, 0.1) is 30.4 Å². The number of aromatic nitrogens is 3. The van der Waals surface area contributed by atoms with Crippen molar-refractivity contribution < 1.29 is 9.53 Å². The molecule has 1 N–H and O–H groups in total. The number of carbonyl (C=O) groups excluding carboxylic acids is 1. The summed E-state index contributed by atoms with van der Waals surface area (Å²) in [5.74, 6) is 0.275. The van der Waals surface area contributed by atoms with Crippen LogP contribution < -0.4 is 0 Å². The molecule has 3 aromatic rings. The van der Waals surface area contributed by atoms with Crippen molar-refractivity contribution in [2.45, 2.75) is 6.42 Å². The summed E-state index contributed by atoms with van der Waals surface area (Å²) in [6, 6.07) is 6.31. The number of hydrogen-bond acceptors (Lipinski definition) is 5. The summed E-state index contributed by atoms with van der Waals surface area (Å²) in [6.07, 6.45) is 2.71. The lowest BCUT2D eigenvalue weighted by Gasteiger charge is -2.23. The highest BCUT2D eigenvalue weighted by Gasteiger charge is 2.24. The highest BCUT2D eigenvalue weighted by molar-refractivity contribution is 7.07. The number of H-pyrrole nitrogens is 1. The molecular weight excluding hydrogens is 324 g/mol. The van der Waals surface area contributed by atoms with Crippen LogP contribution in [-0.4, -0.2) is 52.3 Å². The Morgan fingerprint density at radius 3 is 3.29 bits per heavy atom. The molecule has 0 unspecified atom stereocenters. The second kappa shape index (κ2) is 6.70. The molecule has 1 aromatic carbocycles. The lowest BCUT2D eigenvalue weighted by Crippen LogP contribution is -2.36. The van der Waals surface area contributed by atoms with E-state index in [9.17, 15) is 4.79 Å². The van der Waals surface area contributed by atoms with Crippen molar-refractivity contribution in [3.8, 4) is 0 Å². The molecule has 24 heavy (non-hydrogen) atoms. The summed E-state index contributed by atoms with van der Waals surface area (Å²) in [6.45, 7) is 2.56. The molecule has 1 saturated heterocycles. The van der Waals surface area contributed by atoms with Gasteiger partial charge in [-0.15, -0.1) is 11.3 Å². The van der Waals surface area contributed by atoms with Crippen molar-refractivity contribution in [2.75, 3.05) is 26.3 Å². The molecule has 124 valence electrons. The Labute approximate surface area is 143 Å². The number of fused-ring (bicyclic) bond motifs is 1. The predicted molar refractivity (Wildman–Crippen MR) is 92.1 cm³/mol. The fourth-order valence-electron chi connectivity index (χ4n) is 3.12. The van der Waals surface area contributed by atoms with E-state index in [1.54, 1.807) is 10.9 Å². The monoisotopic (exact) mass is 342 g/mol. The van der Waals surface area contributed by atoms with Crippen LogP contribution in [0, 0.1) is 5.92 Å². The van der Waals surface area contributed by atoms with E-state index in [0.29, 0.717) is 32.0 Å². The second-order valence-electron chi connectivity index (χ2n) is 6.06. The van der Waals surface area contributed by atoms with Gasteiger partial charge in [-0.2, -0.15) is 5.10 Å². The van der Waals surface area contributed by atoms with E-state index in [1.807, 2.05) is 17.2 Å². The second-order valence-corrected chi connectivity index (χ2v) is 6.78. The molecular formula is C17H18N4O2S. The molecule has 2 aromatic heterocycles. The molecule has 7 heteroatoms. The Bertz CT molecular complexity index is 830. The van der Waals surface area contributed by atoms with Gasteiger partial charge in [0.25, 0.3) is 5.91 Å². The highest BCUT2D eigenvalue weighted by Crippen LogP contribution is 2.19. The molecule has 6 nitrogen and oxygen atoms in total. The van der Waals surface area contributed by atoms with Crippen molar-refractivity contribution in [3.63, 3.8) is 0 Å². The van der Waals surface area contributed by atoms with Gasteiger partial charge in [0.2, 0.25) is 0 Å². The van der Waals surface area contributed by atoms with Crippen LogP contribution in [0.25, 0.3) is 10.9 Å². The summed E-state index contributed by atoms with van der Waals surface area (Å²) in [5.41, 5.74) is 4.50. The number of amides is 1. The van der Waals surface area contributed by atoms with E-state index in [-0.39, 0.29) is 11.8 Å². The zero-order valence-electron chi connectivity index (χ0n) is 13.1. The van der Waals surface area contributed by atoms with E-state index < -0.39 is 0 Å². The van der Waals surface area contributed by atoms with Crippen LogP contribution in [0.3, 0.4) is 0 Å². The van der Waals surface area contributed by atoms with Crippen molar-refractivity contribution in [2.24, 2.45) is 5.92 Å². The Morgan fingerprint density at radius 2 is 2.42 bits per heavy atom. The number of nitrogens with one attached hydrogen (secondary N) is 1. The maximum atomic E-state index is 12.6. The molecule has 0 spiro atoms. The van der Waals surface area contributed by atoms with Crippen LogP contribution in [0.4, 0.5) is 0 Å². The van der Waals surface area contributed by atoms with Gasteiger partial charge in [-0.3, -0.25) is 9.89 Å². The van der Waals surface area contributed by atoms with Crippen LogP contribution >= 0.6 is 11.3 Å². The van der Waals surface area contributed by atoms with Gasteiger partial charge < -0.3 is 9.64 Å². The quantitative estimate of drug-likeness (QED) is 0.793. The van der Waals surface area contributed by atoms with Crippen LogP contribution in [0.5, 0.6) is 0 Å². The third kappa shape index (κ3) is 3.18. The SMILES string of the molecule is O=C(c1cscn1)N1CCOC[C@H](Cc2ccc3[nH]ncc3c2)C1. The van der Waals surface area contributed by atoms with Crippen molar-refractivity contribution >= 4 is 28.1 Å². The summed E-state index contributed by atoms with van der Waals surface area (Å²) < 4.78 is 5.72. The Morgan fingerprint density at radius 1 is 1.46 bits per heavy atom. The lowest BCUT2D eigenvalue weighted by atomic mass is 9.98. The Hall–Kier alpha value is -2.25. The zero-order chi connectivity index (χ0) is 16.4. The topological polar surface area (TPSA) is 71.1 Å². The standard InChI is InChI=1S/C17H18N4O2S/c22-17(16-10-24-11-18-16)21-3-4-23-9-13(8-21)5-12-1-2-15-14(6-12)7-19-20-15/h1-2,6-7,10-11,13H,3-5,8-9H2,(H,19,20)/t13-/m1/s1. The fourth-order valence-corrected chi connectivity index (χ4v) is 3.65. The first-order valence-electron chi connectivity index (χ1n) is 7.97. The van der Waals surface area contributed by atoms with Crippen LogP contribution in [-0.2, 0) is 11.2 Å². The maximum absolute atomic E-state index is 12.6. The van der Waals surface area contributed by atoms with Gasteiger partial charge in [-0.1, -0.05) is 6.07 Å². The molecule has 4 rings (SSSR count). The smallest absolute Gasteiger partial charge is 0.273 e. The molecule has 0 aliphatic carbocycles. The molecule has 0 radical (unpaired) electrons. The number of hydrogen-bond donors (Lipinski definition) is 1. The van der Waals surface area contributed by atoms with Gasteiger partial charge in [-0.25, -0.2) is 4.98 Å². The molecule has 3 heterocycles. The fraction of sp³-hybridized carbons (Fsp3) is 0.353. The third-order valence-electron chi connectivity index (χ3n) is 4.31. The highest BCUT2D eigenvalue weighted by atomic mass is 32.1. The number of ether oxygens (including phenoxy) is 1. The summed E-state index contributed by atoms with van der Waals surface area (Å²) in [4.78, 5) is 18.6. The molecule has 0 saturated carbocycles. The van der Waals surface area contributed by atoms with Crippen molar-refractivity contribution in [1.29, 1.82) is 0 Å². The van der Waals surface area contributed by atoms with Gasteiger partial charge in [0.15, 0.2) is 0 Å². The third-order valence-corrected chi connectivity index (χ3v) is 4.89. The van der Waals surface area contributed by atoms with E-state index in [1.165, 1.54) is 16.9 Å². The van der Waals surface area contributed by atoms with E-state index in [0.717, 1.165) is 17.3 Å². The molecule has 1 aliphatic heterocycles. The first-order valence-corrected chi connectivity index (χ1v) is 8.91. The summed E-state index contributed by atoms with van der Waals surface area (Å²) in [5, 5.41) is 9.93. The van der Waals surface area contributed by atoms with Crippen LogP contribution in [0.1, 0.15) is 16.1 Å². The van der Waals surface area contributed by atoms with Crippen LogP contribution in [0.2, 0.25) is 0 Å². The van der Waals surface area contributed by atoms with Crippen LogP contribution in [0.15, 0.2) is 35.3 Å². The van der Waals surface area contributed by atoms with Gasteiger partial charge >= 0.3 is 0 Å². The first-order chi connectivity index (χ1) is 11.8. The largest absolute Gasteiger partial charge is 0.379 e. The Kier molecular flexibility index (Phi) is 4.27. The van der Waals surface area contributed by atoms with E-state index >= 15 is 0 Å². The zero-order valence-corrected chi connectivity index (χ0v) is 14.0. The normalized spacial score (nSPS) is 18.7. The van der Waals surface area contributed by atoms with Gasteiger partial charge in [0.1, 0.15) is 5.69 Å². The van der Waals surface area contributed by atoms with Crippen molar-refractivity contribution in [1.82, 2.24) is 20.1 Å². The lowest BCUT2D eigenvalue weighted by molar-refractivity contribution is 0.0732. The average molecular weight is 342 g/mol. The number of thiazole rings is 1. The van der Waals surface area contributed by atoms with E-state index in [2.05, 4.69) is 27.3 Å². The average Bonchev–Trinajstić information content (AvgIpc) is 3.23. The van der Waals surface area contributed by atoms with Gasteiger partial charge in [-0.05, 0) is 24.1 Å². The molecule has 1 aliphatic rings. The minimum atomic E-state index is -0.00274. The predicted octanol–water partition coefficient (Wildman–Crippen LogP) is 2.35. The molecule has 0 bridgehead atoms. The molecule has 1 amide bonds. The number of rotatable bonds is 3. The minimum absolute atomic E-state index is 0.00274. The minimum Gasteiger partial charge on any atom is -0.379 e.